The van der Waals surface area contributed by atoms with Gasteiger partial charge in [-0.15, -0.1) is 0 Å². The maximum atomic E-state index is 11.8. The summed E-state index contributed by atoms with van der Waals surface area (Å²) in [6.07, 6.45) is 5.21. The molecule has 9 nitrogen and oxygen atoms in total. The van der Waals surface area contributed by atoms with Crippen LogP contribution < -0.4 is 4.74 Å². The first kappa shape index (κ1) is 42.6. The Morgan fingerprint density at radius 1 is 0.390 bits per heavy atom. The van der Waals surface area contributed by atoms with Gasteiger partial charge >= 0.3 is 23.9 Å². The van der Waals surface area contributed by atoms with Crippen LogP contribution in [0.4, 0.5) is 0 Å². The molecule has 0 spiro atoms. The van der Waals surface area contributed by atoms with Crippen molar-refractivity contribution in [3.8, 4) is 11.5 Å². The van der Waals surface area contributed by atoms with Crippen LogP contribution in [0.5, 0.6) is 11.5 Å². The number of benzene rings is 6. The first-order chi connectivity index (χ1) is 28.5. The van der Waals surface area contributed by atoms with Crippen molar-refractivity contribution in [2.75, 3.05) is 26.4 Å². The molecule has 308 valence electrons. The van der Waals surface area contributed by atoms with Crippen molar-refractivity contribution in [1.29, 1.82) is 0 Å². The van der Waals surface area contributed by atoms with Gasteiger partial charge in [0, 0.05) is 38.5 Å². The average Bonchev–Trinajstić information content (AvgIpc) is 3.20. The van der Waals surface area contributed by atoms with Gasteiger partial charge in [-0.25, -0.2) is 0 Å². The molecule has 0 saturated heterocycles. The number of ether oxygens (including phenoxy) is 5. The Morgan fingerprint density at radius 3 is 0.983 bits per heavy atom. The third kappa shape index (κ3) is 10.0. The van der Waals surface area contributed by atoms with E-state index in [9.17, 15) is 19.2 Å². The van der Waals surface area contributed by atoms with Gasteiger partial charge < -0.3 is 23.7 Å². The third-order valence-electron chi connectivity index (χ3n) is 10.8. The molecule has 0 radical (unpaired) electrons. The van der Waals surface area contributed by atoms with Crippen molar-refractivity contribution in [3.05, 3.63) is 106 Å². The van der Waals surface area contributed by atoms with Crippen LogP contribution in [-0.2, 0) is 63.8 Å². The number of carbonyl (C=O) groups is 4. The van der Waals surface area contributed by atoms with Gasteiger partial charge in [0.2, 0.25) is 0 Å². The molecule has 0 atom stereocenters. The number of esters is 4. The monoisotopic (exact) mass is 798 g/mol. The van der Waals surface area contributed by atoms with Crippen LogP contribution in [0.1, 0.15) is 86.8 Å². The smallest absolute Gasteiger partial charge is 0.302 e. The maximum Gasteiger partial charge on any atom is 0.302 e. The van der Waals surface area contributed by atoms with Crippen LogP contribution in [0.25, 0.3) is 43.1 Å². The molecule has 0 aliphatic rings. The lowest BCUT2D eigenvalue weighted by Crippen LogP contribution is -2.06. The number of carbonyl (C=O) groups excluding carboxylic acids is 4. The summed E-state index contributed by atoms with van der Waals surface area (Å²) in [5.74, 6) is 0.287. The standard InChI is InChI=1S/C50H54O9/c1-31-23-25-45-41(19-11-27-55-33(3)51)37-15-7-9-17-39(37)43(21-13-29-57-35(5)53)47(45)49(31)59-50-32(2)24-26-46-42(20-12-28-56-34(4)52)38-16-8-10-18-40(38)44(48(46)50)22-14-30-58-36(6)54/h7-10,15-18,23-26H,11-14,19-22,27-30H2,1-6H3. The minimum Gasteiger partial charge on any atom is -0.466 e. The van der Waals surface area contributed by atoms with Crippen molar-refractivity contribution in [2.24, 2.45) is 0 Å². The Kier molecular flexibility index (Phi) is 14.2. The van der Waals surface area contributed by atoms with Gasteiger partial charge in [0.25, 0.3) is 0 Å². The molecule has 6 aromatic rings. The normalized spacial score (nSPS) is 11.3. The van der Waals surface area contributed by atoms with Gasteiger partial charge in [-0.3, -0.25) is 19.2 Å². The van der Waals surface area contributed by atoms with Crippen LogP contribution in [0, 0.1) is 13.8 Å². The van der Waals surface area contributed by atoms with Crippen LogP contribution >= 0.6 is 0 Å². The van der Waals surface area contributed by atoms with Gasteiger partial charge in [0.15, 0.2) is 0 Å². The molecular weight excluding hydrogens is 745 g/mol. The van der Waals surface area contributed by atoms with E-state index in [1.165, 1.54) is 27.7 Å². The predicted molar refractivity (Wildman–Crippen MR) is 232 cm³/mol. The Balaban J connectivity index is 1.61. The molecule has 0 bridgehead atoms. The molecule has 9 heteroatoms. The summed E-state index contributed by atoms with van der Waals surface area (Å²) in [5.41, 5.74) is 6.46. The molecule has 0 aromatic heterocycles. The number of rotatable bonds is 18. The second-order valence-corrected chi connectivity index (χ2v) is 15.2. The average molecular weight is 799 g/mol. The van der Waals surface area contributed by atoms with Gasteiger partial charge in [0.05, 0.1) is 26.4 Å². The highest BCUT2D eigenvalue weighted by atomic mass is 16.5. The van der Waals surface area contributed by atoms with Gasteiger partial charge in [-0.2, -0.15) is 0 Å². The van der Waals surface area contributed by atoms with Gasteiger partial charge in [-0.1, -0.05) is 72.8 Å². The van der Waals surface area contributed by atoms with E-state index in [0.29, 0.717) is 77.8 Å². The number of aryl methyl sites for hydroxylation is 6. The zero-order valence-corrected chi connectivity index (χ0v) is 35.1. The van der Waals surface area contributed by atoms with Crippen LogP contribution in [0.2, 0.25) is 0 Å². The van der Waals surface area contributed by atoms with Crippen molar-refractivity contribution in [2.45, 2.75) is 92.9 Å². The molecule has 59 heavy (non-hydrogen) atoms. The molecule has 6 rings (SSSR count). The van der Waals surface area contributed by atoms with Crippen molar-refractivity contribution in [1.82, 2.24) is 0 Å². The van der Waals surface area contributed by atoms with E-state index < -0.39 is 0 Å². The minimum atomic E-state index is -0.309. The summed E-state index contributed by atoms with van der Waals surface area (Å²) in [6, 6.07) is 25.4. The fourth-order valence-electron chi connectivity index (χ4n) is 8.34. The molecule has 0 aliphatic carbocycles. The summed E-state index contributed by atoms with van der Waals surface area (Å²) < 4.78 is 29.0. The third-order valence-corrected chi connectivity index (χ3v) is 10.8. The zero-order valence-electron chi connectivity index (χ0n) is 35.1. The summed E-state index contributed by atoms with van der Waals surface area (Å²) in [5, 5.41) is 8.58. The molecule has 6 aromatic carbocycles. The molecule has 0 heterocycles. The van der Waals surface area contributed by atoms with Crippen LogP contribution in [-0.4, -0.2) is 50.3 Å². The number of hydrogen-bond donors (Lipinski definition) is 0. The Morgan fingerprint density at radius 2 is 0.678 bits per heavy atom. The van der Waals surface area contributed by atoms with Crippen molar-refractivity contribution < 1.29 is 42.9 Å². The first-order valence-electron chi connectivity index (χ1n) is 20.6. The highest BCUT2D eigenvalue weighted by Crippen LogP contribution is 2.47. The fraction of sp³-hybridized carbons (Fsp3) is 0.360. The van der Waals surface area contributed by atoms with E-state index in [2.05, 4.69) is 74.5 Å². The summed E-state index contributed by atoms with van der Waals surface area (Å²) >= 11 is 0. The summed E-state index contributed by atoms with van der Waals surface area (Å²) in [4.78, 5) is 46.9. The molecule has 0 fully saturated rings. The molecule has 0 unspecified atom stereocenters. The van der Waals surface area contributed by atoms with E-state index in [4.69, 9.17) is 23.7 Å². The van der Waals surface area contributed by atoms with Crippen molar-refractivity contribution >= 4 is 67.0 Å². The topological polar surface area (TPSA) is 114 Å². The highest BCUT2D eigenvalue weighted by Gasteiger charge is 2.23. The molecular formula is C50H54O9. The van der Waals surface area contributed by atoms with Gasteiger partial charge in [0.1, 0.15) is 11.5 Å². The van der Waals surface area contributed by atoms with E-state index in [-0.39, 0.29) is 23.9 Å². The number of hydrogen-bond acceptors (Lipinski definition) is 9. The Bertz CT molecular complexity index is 2360. The maximum absolute atomic E-state index is 11.8. The lowest BCUT2D eigenvalue weighted by Gasteiger charge is -2.24. The lowest BCUT2D eigenvalue weighted by atomic mass is 9.86. The van der Waals surface area contributed by atoms with Crippen LogP contribution in [0.15, 0.2) is 72.8 Å². The quantitative estimate of drug-likeness (QED) is 0.0363. The van der Waals surface area contributed by atoms with Crippen molar-refractivity contribution in [3.63, 3.8) is 0 Å². The van der Waals surface area contributed by atoms with Crippen LogP contribution in [0.3, 0.4) is 0 Å². The zero-order chi connectivity index (χ0) is 42.1. The number of fused-ring (bicyclic) bond motifs is 4. The predicted octanol–water partition coefficient (Wildman–Crippen LogP) is 10.7. The molecule has 0 aliphatic heterocycles. The second kappa shape index (κ2) is 19.7. The SMILES string of the molecule is CC(=O)OCCCc1c2ccccc2c(CCCOC(C)=O)c2c(Oc3c(C)ccc4c(CCCOC(C)=O)c5ccccc5c(CCCOC(C)=O)c34)c(C)ccc12. The minimum absolute atomic E-state index is 0.295. The lowest BCUT2D eigenvalue weighted by molar-refractivity contribution is -0.142. The molecule has 0 amide bonds. The largest absolute Gasteiger partial charge is 0.466 e. The van der Waals surface area contributed by atoms with E-state index >= 15 is 0 Å². The first-order valence-corrected chi connectivity index (χ1v) is 20.6. The molecule has 0 N–H and O–H groups in total. The summed E-state index contributed by atoms with van der Waals surface area (Å²) in [7, 11) is 0. The Labute approximate surface area is 345 Å². The summed E-state index contributed by atoms with van der Waals surface area (Å²) in [6.45, 7) is 11.1. The Hall–Kier alpha value is -5.96. The molecule has 0 saturated carbocycles. The fourth-order valence-corrected chi connectivity index (χ4v) is 8.34. The highest BCUT2D eigenvalue weighted by molar-refractivity contribution is 6.11. The second-order valence-electron chi connectivity index (χ2n) is 15.2. The van der Waals surface area contributed by atoms with E-state index in [1.807, 2.05) is 12.1 Å². The van der Waals surface area contributed by atoms with Gasteiger partial charge in [-0.05, 0) is 131 Å². The van der Waals surface area contributed by atoms with E-state index in [1.54, 1.807) is 0 Å². The van der Waals surface area contributed by atoms with E-state index in [0.717, 1.165) is 88.0 Å².